The van der Waals surface area contributed by atoms with Gasteiger partial charge in [-0.15, -0.1) is 0 Å². The molecular formula is C67H62N4O. The SMILES string of the molecule is [2H]c1c([2H])c([2H])c(-c2cccc(-c3cc(C(C)(C)C)cc(C(C)(C)C)c3)c2-[n+]2[c-]n(-c3cccc(Oc4ccc5c6ccccc6n(-c6cc(C(C)C(C)C)ccn6)c5c4)c3)c3ccc(-c4ccccc4)cc32)c([2H])c1[2H]. The van der Waals surface area contributed by atoms with Crippen LogP contribution in [0.15, 0.2) is 200 Å². The molecule has 0 amide bonds. The van der Waals surface area contributed by atoms with Crippen molar-refractivity contribution in [2.24, 2.45) is 5.92 Å². The molecule has 0 aliphatic carbocycles. The van der Waals surface area contributed by atoms with Crippen molar-refractivity contribution in [3.63, 3.8) is 0 Å². The highest BCUT2D eigenvalue weighted by Crippen LogP contribution is 2.41. The maximum atomic E-state index is 9.35. The summed E-state index contributed by atoms with van der Waals surface area (Å²) in [4.78, 5) is 4.92. The molecule has 0 bridgehead atoms. The summed E-state index contributed by atoms with van der Waals surface area (Å²) >= 11 is 0. The zero-order valence-electron chi connectivity index (χ0n) is 47.5. The van der Waals surface area contributed by atoms with E-state index in [9.17, 15) is 2.74 Å². The zero-order chi connectivity index (χ0) is 54.2. The molecule has 0 saturated carbocycles. The number of para-hydroxylation sites is 2. The van der Waals surface area contributed by atoms with Gasteiger partial charge in [-0.25, -0.2) is 4.98 Å². The Morgan fingerprint density at radius 2 is 1.24 bits per heavy atom. The van der Waals surface area contributed by atoms with Crippen molar-refractivity contribution < 1.29 is 16.2 Å². The normalized spacial score (nSPS) is 13.6. The van der Waals surface area contributed by atoms with Gasteiger partial charge >= 0.3 is 0 Å². The van der Waals surface area contributed by atoms with E-state index in [2.05, 4.69) is 176 Å². The minimum atomic E-state index is -0.444. The number of imidazole rings is 1. The molecular weight excluding hydrogens is 877 g/mol. The molecule has 8 aromatic carbocycles. The Labute approximate surface area is 431 Å². The molecule has 72 heavy (non-hydrogen) atoms. The fourth-order valence-electron chi connectivity index (χ4n) is 9.84. The van der Waals surface area contributed by atoms with Crippen molar-refractivity contribution in [1.82, 2.24) is 14.1 Å². The zero-order valence-corrected chi connectivity index (χ0v) is 42.5. The number of hydrogen-bond donors (Lipinski definition) is 0. The first-order valence-electron chi connectivity index (χ1n) is 27.5. The largest absolute Gasteiger partial charge is 0.458 e. The third kappa shape index (κ3) is 8.68. The van der Waals surface area contributed by atoms with Crippen molar-refractivity contribution >= 4 is 32.8 Å². The van der Waals surface area contributed by atoms with Crippen molar-refractivity contribution in [1.29, 1.82) is 0 Å². The fourth-order valence-corrected chi connectivity index (χ4v) is 9.84. The van der Waals surface area contributed by atoms with Crippen LogP contribution in [0.5, 0.6) is 11.5 Å². The standard InChI is InChI=1S/C67H62N4O/c1-44(2)45(3)48-34-35-68-64(39-48)71-60-29-17-16-26-58(60)59-32-31-55(42-62(59)71)72-54-25-18-24-53(41-54)69-43-70(63-38-49(30-33-61(63)69)46-20-12-10-13-21-46)65-56(47-22-14-11-15-23-47)27-19-28-57(65)50-36-51(66(4,5)6)40-52(37-50)67(7,8)9/h10-42,44-45H,1-9H3/i11D,14D,15D,22D,23D. The molecule has 5 nitrogen and oxygen atoms in total. The van der Waals surface area contributed by atoms with Gasteiger partial charge in [0.25, 0.3) is 6.33 Å². The molecule has 3 heterocycles. The second-order valence-corrected chi connectivity index (χ2v) is 21.5. The predicted octanol–water partition coefficient (Wildman–Crippen LogP) is 17.3. The molecule has 0 radical (unpaired) electrons. The lowest BCUT2D eigenvalue weighted by Crippen LogP contribution is -2.31. The highest BCUT2D eigenvalue weighted by Gasteiger charge is 2.25. The lowest BCUT2D eigenvalue weighted by atomic mass is 9.78. The van der Waals surface area contributed by atoms with Crippen LogP contribution < -0.4 is 9.30 Å². The minimum Gasteiger partial charge on any atom is -0.458 e. The Hall–Kier alpha value is -8.02. The number of nitrogens with zero attached hydrogens (tertiary/aromatic N) is 4. The lowest BCUT2D eigenvalue weighted by Gasteiger charge is -2.27. The maximum Gasteiger partial charge on any atom is 0.269 e. The minimum absolute atomic E-state index is 0.108. The van der Waals surface area contributed by atoms with Crippen LogP contribution in [0, 0.1) is 12.2 Å². The summed E-state index contributed by atoms with van der Waals surface area (Å²) in [5, 5.41) is 2.23. The molecule has 11 rings (SSSR count). The molecule has 5 heteroatoms. The monoisotopic (exact) mass is 944 g/mol. The Morgan fingerprint density at radius 1 is 0.556 bits per heavy atom. The topological polar surface area (TPSA) is 35.9 Å². The van der Waals surface area contributed by atoms with Crippen LogP contribution in [-0.4, -0.2) is 14.1 Å². The van der Waals surface area contributed by atoms with Gasteiger partial charge in [0.15, 0.2) is 0 Å². The van der Waals surface area contributed by atoms with Gasteiger partial charge in [-0.05, 0) is 127 Å². The molecule has 0 aliphatic heterocycles. The summed E-state index contributed by atoms with van der Waals surface area (Å²) < 4.78 is 58.1. The summed E-state index contributed by atoms with van der Waals surface area (Å²) in [6.45, 7) is 20.0. The summed E-state index contributed by atoms with van der Waals surface area (Å²) in [6, 6.07) is 54.3. The van der Waals surface area contributed by atoms with Gasteiger partial charge in [0.1, 0.15) is 17.3 Å². The van der Waals surface area contributed by atoms with E-state index < -0.39 is 18.1 Å². The van der Waals surface area contributed by atoms with E-state index >= 15 is 0 Å². The Balaban J connectivity index is 1.12. The lowest BCUT2D eigenvalue weighted by molar-refractivity contribution is -0.571. The van der Waals surface area contributed by atoms with Crippen molar-refractivity contribution in [3.8, 4) is 62.1 Å². The highest BCUT2D eigenvalue weighted by atomic mass is 16.5. The number of aromatic nitrogens is 4. The molecule has 0 fully saturated rings. The van der Waals surface area contributed by atoms with Gasteiger partial charge in [-0.1, -0.05) is 196 Å². The maximum absolute atomic E-state index is 9.35. The number of hydrogen-bond acceptors (Lipinski definition) is 2. The van der Waals surface area contributed by atoms with E-state index in [1.165, 1.54) is 5.56 Å². The van der Waals surface area contributed by atoms with E-state index in [0.29, 0.717) is 34.6 Å². The molecule has 356 valence electrons. The van der Waals surface area contributed by atoms with Gasteiger partial charge in [0.2, 0.25) is 0 Å². The molecule has 0 spiro atoms. The first-order valence-corrected chi connectivity index (χ1v) is 25.0. The smallest absolute Gasteiger partial charge is 0.269 e. The third-order valence-corrected chi connectivity index (χ3v) is 14.3. The van der Waals surface area contributed by atoms with Crippen molar-refractivity contribution in [2.45, 2.75) is 79.1 Å². The summed E-state index contributed by atoms with van der Waals surface area (Å²) in [5.41, 5.74) is 12.6. The third-order valence-electron chi connectivity index (χ3n) is 14.3. The number of benzene rings is 8. The van der Waals surface area contributed by atoms with Crippen LogP contribution in [0.2, 0.25) is 0 Å². The summed E-state index contributed by atoms with van der Waals surface area (Å²) in [6.07, 6.45) is 5.69. The van der Waals surface area contributed by atoms with Gasteiger partial charge in [-0.2, -0.15) is 0 Å². The van der Waals surface area contributed by atoms with Crippen LogP contribution in [0.1, 0.15) is 91.8 Å². The van der Waals surface area contributed by atoms with Gasteiger partial charge in [0, 0.05) is 23.0 Å². The number of rotatable bonds is 10. The average Bonchev–Trinajstić information content (AvgIpc) is 4.10. The fraction of sp³-hybridized carbons (Fsp3) is 0.194. The number of pyridine rings is 1. The van der Waals surface area contributed by atoms with Crippen LogP contribution in [0.3, 0.4) is 0 Å². The first-order chi connectivity index (χ1) is 36.8. The van der Waals surface area contributed by atoms with Gasteiger partial charge in [-0.3, -0.25) is 13.7 Å². The molecule has 0 N–H and O–H groups in total. The van der Waals surface area contributed by atoms with Gasteiger partial charge in [0.05, 0.1) is 40.3 Å². The van der Waals surface area contributed by atoms with Crippen LogP contribution >= 0.6 is 0 Å². The Morgan fingerprint density at radius 3 is 1.97 bits per heavy atom. The van der Waals surface area contributed by atoms with Crippen LogP contribution in [0.4, 0.5) is 0 Å². The van der Waals surface area contributed by atoms with Crippen LogP contribution in [-0.2, 0) is 10.8 Å². The average molecular weight is 944 g/mol. The Bertz CT molecular complexity index is 4040. The number of ether oxygens (including phenoxy) is 1. The van der Waals surface area contributed by atoms with E-state index in [1.807, 2.05) is 76.0 Å². The van der Waals surface area contributed by atoms with E-state index in [0.717, 1.165) is 77.7 Å². The van der Waals surface area contributed by atoms with E-state index in [-0.39, 0.29) is 28.5 Å². The quantitative estimate of drug-likeness (QED) is 0.101. The Kier molecular flexibility index (Phi) is 10.3. The summed E-state index contributed by atoms with van der Waals surface area (Å²) in [5.74, 6) is 2.97. The number of fused-ring (bicyclic) bond motifs is 4. The first kappa shape index (κ1) is 40.7. The predicted molar refractivity (Wildman–Crippen MR) is 299 cm³/mol. The van der Waals surface area contributed by atoms with E-state index in [1.54, 1.807) is 0 Å². The van der Waals surface area contributed by atoms with Crippen molar-refractivity contribution in [3.05, 3.63) is 223 Å². The van der Waals surface area contributed by atoms with E-state index in [4.69, 9.17) is 13.8 Å². The highest BCUT2D eigenvalue weighted by molar-refractivity contribution is 6.09. The molecule has 1 atom stereocenters. The molecule has 0 saturated heterocycles. The van der Waals surface area contributed by atoms with Crippen LogP contribution in [0.25, 0.3) is 83.4 Å². The molecule has 11 aromatic rings. The van der Waals surface area contributed by atoms with Gasteiger partial charge < -0.3 is 4.74 Å². The molecule has 0 aliphatic rings. The second-order valence-electron chi connectivity index (χ2n) is 21.5. The molecule has 1 unspecified atom stereocenters. The summed E-state index contributed by atoms with van der Waals surface area (Å²) in [7, 11) is 0. The second kappa shape index (κ2) is 18.3. The molecule has 3 aromatic heterocycles. The van der Waals surface area contributed by atoms with Crippen molar-refractivity contribution in [2.75, 3.05) is 0 Å².